The number of benzene rings is 1. The summed E-state index contributed by atoms with van der Waals surface area (Å²) in [4.78, 5) is 7.62. The molecule has 3 nitrogen and oxygen atoms in total. The smallest absolute Gasteiger partial charge is 0.231 e. The van der Waals surface area contributed by atoms with Crippen molar-refractivity contribution in [1.82, 2.24) is 9.97 Å². The summed E-state index contributed by atoms with van der Waals surface area (Å²) >= 11 is 0. The van der Waals surface area contributed by atoms with Gasteiger partial charge in [-0.2, -0.15) is 4.39 Å². The SMILES string of the molecule is CCCCCCCCOc1ccc(-c2cncc(F)n2)cc1. The standard InChI is InChI=1S/C18H23FN2O/c1-2-3-4-5-6-7-12-22-16-10-8-15(9-11-16)17-13-20-14-18(19)21-17/h8-11,13-14H,2-7,12H2,1H3. The Labute approximate surface area is 131 Å². The molecule has 2 aromatic rings. The van der Waals surface area contributed by atoms with Crippen LogP contribution in [0.5, 0.6) is 5.75 Å². The Balaban J connectivity index is 1.75. The average Bonchev–Trinajstić information content (AvgIpc) is 2.55. The highest BCUT2D eigenvalue weighted by atomic mass is 19.1. The first kappa shape index (κ1) is 16.4. The molecule has 0 fully saturated rings. The number of hydrogen-bond acceptors (Lipinski definition) is 3. The molecule has 2 rings (SSSR count). The molecule has 0 saturated carbocycles. The summed E-state index contributed by atoms with van der Waals surface area (Å²) in [6.07, 6.45) is 10.2. The molecule has 0 bridgehead atoms. The summed E-state index contributed by atoms with van der Waals surface area (Å²) < 4.78 is 18.8. The number of ether oxygens (including phenoxy) is 1. The van der Waals surface area contributed by atoms with Gasteiger partial charge in [-0.1, -0.05) is 39.0 Å². The topological polar surface area (TPSA) is 35.0 Å². The molecule has 0 unspecified atom stereocenters. The van der Waals surface area contributed by atoms with Gasteiger partial charge in [0.2, 0.25) is 5.95 Å². The van der Waals surface area contributed by atoms with E-state index in [-0.39, 0.29) is 0 Å². The Morgan fingerprint density at radius 3 is 2.41 bits per heavy atom. The number of nitrogens with zero attached hydrogens (tertiary/aromatic N) is 2. The monoisotopic (exact) mass is 302 g/mol. The molecule has 4 heteroatoms. The summed E-state index contributed by atoms with van der Waals surface area (Å²) in [5.41, 5.74) is 1.36. The summed E-state index contributed by atoms with van der Waals surface area (Å²) in [5.74, 6) is 0.266. The van der Waals surface area contributed by atoms with Gasteiger partial charge in [0.25, 0.3) is 0 Å². The Kier molecular flexibility index (Phi) is 6.81. The lowest BCUT2D eigenvalue weighted by atomic mass is 10.1. The van der Waals surface area contributed by atoms with Crippen LogP contribution < -0.4 is 4.74 Å². The fraction of sp³-hybridized carbons (Fsp3) is 0.444. The minimum Gasteiger partial charge on any atom is -0.494 e. The second-order valence-electron chi connectivity index (χ2n) is 5.37. The number of aromatic nitrogens is 2. The van der Waals surface area contributed by atoms with E-state index < -0.39 is 5.95 Å². The van der Waals surface area contributed by atoms with E-state index in [1.165, 1.54) is 32.1 Å². The van der Waals surface area contributed by atoms with Crippen LogP contribution in [0.1, 0.15) is 45.4 Å². The van der Waals surface area contributed by atoms with Gasteiger partial charge in [0.1, 0.15) is 5.75 Å². The molecule has 118 valence electrons. The third kappa shape index (κ3) is 5.43. The van der Waals surface area contributed by atoms with Gasteiger partial charge >= 0.3 is 0 Å². The van der Waals surface area contributed by atoms with Crippen molar-refractivity contribution in [2.75, 3.05) is 6.61 Å². The van der Waals surface area contributed by atoms with Crippen molar-refractivity contribution in [3.05, 3.63) is 42.6 Å². The van der Waals surface area contributed by atoms with Gasteiger partial charge in [0.15, 0.2) is 0 Å². The minimum absolute atomic E-state index is 0.530. The van der Waals surface area contributed by atoms with Crippen LogP contribution in [0, 0.1) is 5.95 Å². The van der Waals surface area contributed by atoms with Crippen molar-refractivity contribution in [1.29, 1.82) is 0 Å². The van der Waals surface area contributed by atoms with E-state index in [9.17, 15) is 4.39 Å². The summed E-state index contributed by atoms with van der Waals surface area (Å²) in [5, 5.41) is 0. The van der Waals surface area contributed by atoms with Crippen molar-refractivity contribution in [2.45, 2.75) is 45.4 Å². The van der Waals surface area contributed by atoms with Crippen LogP contribution in [0.3, 0.4) is 0 Å². The Bertz CT molecular complexity index is 557. The predicted molar refractivity (Wildman–Crippen MR) is 86.3 cm³/mol. The van der Waals surface area contributed by atoms with E-state index >= 15 is 0 Å². The molecular formula is C18H23FN2O. The first-order valence-electron chi connectivity index (χ1n) is 8.00. The van der Waals surface area contributed by atoms with Crippen LogP contribution in [0.25, 0.3) is 11.3 Å². The largest absolute Gasteiger partial charge is 0.494 e. The molecule has 0 aliphatic heterocycles. The maximum absolute atomic E-state index is 13.1. The predicted octanol–water partition coefficient (Wildman–Crippen LogP) is 5.02. The Morgan fingerprint density at radius 1 is 0.955 bits per heavy atom. The second kappa shape index (κ2) is 9.13. The molecule has 0 N–H and O–H groups in total. The first-order chi connectivity index (χ1) is 10.8. The Morgan fingerprint density at radius 2 is 1.68 bits per heavy atom. The zero-order valence-corrected chi connectivity index (χ0v) is 13.1. The number of halogens is 1. The molecule has 1 aromatic carbocycles. The molecular weight excluding hydrogens is 279 g/mol. The van der Waals surface area contributed by atoms with Gasteiger partial charge in [-0.05, 0) is 30.7 Å². The van der Waals surface area contributed by atoms with E-state index in [0.29, 0.717) is 5.69 Å². The van der Waals surface area contributed by atoms with Crippen molar-refractivity contribution < 1.29 is 9.13 Å². The van der Waals surface area contributed by atoms with Gasteiger partial charge in [-0.15, -0.1) is 0 Å². The lowest BCUT2D eigenvalue weighted by Gasteiger charge is -2.07. The molecule has 0 radical (unpaired) electrons. The molecule has 1 aromatic heterocycles. The van der Waals surface area contributed by atoms with Crippen LogP contribution in [-0.2, 0) is 0 Å². The van der Waals surface area contributed by atoms with Crippen LogP contribution >= 0.6 is 0 Å². The van der Waals surface area contributed by atoms with Gasteiger partial charge < -0.3 is 4.74 Å². The number of rotatable bonds is 9. The molecule has 0 aliphatic carbocycles. The quantitative estimate of drug-likeness (QED) is 0.610. The maximum atomic E-state index is 13.1. The van der Waals surface area contributed by atoms with Crippen molar-refractivity contribution >= 4 is 0 Å². The second-order valence-corrected chi connectivity index (χ2v) is 5.37. The lowest BCUT2D eigenvalue weighted by Crippen LogP contribution is -1.97. The van der Waals surface area contributed by atoms with Gasteiger partial charge in [0.05, 0.1) is 24.7 Å². The van der Waals surface area contributed by atoms with Crippen LogP contribution in [0.15, 0.2) is 36.7 Å². The summed E-state index contributed by atoms with van der Waals surface area (Å²) in [7, 11) is 0. The fourth-order valence-corrected chi connectivity index (χ4v) is 2.28. The molecule has 0 atom stereocenters. The van der Waals surface area contributed by atoms with Gasteiger partial charge in [-0.3, -0.25) is 4.98 Å². The van der Waals surface area contributed by atoms with E-state index in [1.54, 1.807) is 6.20 Å². The highest BCUT2D eigenvalue weighted by molar-refractivity contribution is 5.58. The molecule has 1 heterocycles. The Hall–Kier alpha value is -1.97. The van der Waals surface area contributed by atoms with E-state index in [4.69, 9.17) is 4.74 Å². The first-order valence-corrected chi connectivity index (χ1v) is 8.00. The number of unbranched alkanes of at least 4 members (excludes halogenated alkanes) is 5. The third-order valence-electron chi connectivity index (χ3n) is 3.52. The van der Waals surface area contributed by atoms with Crippen molar-refractivity contribution in [3.8, 4) is 17.0 Å². The minimum atomic E-state index is -0.569. The fourth-order valence-electron chi connectivity index (χ4n) is 2.28. The zero-order chi connectivity index (χ0) is 15.6. The van der Waals surface area contributed by atoms with Gasteiger partial charge in [0, 0.05) is 5.56 Å². The van der Waals surface area contributed by atoms with Crippen molar-refractivity contribution in [3.63, 3.8) is 0 Å². The normalized spacial score (nSPS) is 10.6. The number of hydrogen-bond donors (Lipinski definition) is 0. The van der Waals surface area contributed by atoms with E-state index in [0.717, 1.165) is 30.5 Å². The zero-order valence-electron chi connectivity index (χ0n) is 13.1. The van der Waals surface area contributed by atoms with Crippen molar-refractivity contribution in [2.24, 2.45) is 0 Å². The summed E-state index contributed by atoms with van der Waals surface area (Å²) in [6, 6.07) is 7.53. The van der Waals surface area contributed by atoms with Crippen LogP contribution in [0.4, 0.5) is 4.39 Å². The van der Waals surface area contributed by atoms with E-state index in [2.05, 4.69) is 16.9 Å². The highest BCUT2D eigenvalue weighted by Crippen LogP contribution is 2.20. The molecule has 0 saturated heterocycles. The highest BCUT2D eigenvalue weighted by Gasteiger charge is 2.02. The van der Waals surface area contributed by atoms with Gasteiger partial charge in [-0.25, -0.2) is 4.98 Å². The summed E-state index contributed by atoms with van der Waals surface area (Å²) in [6.45, 7) is 2.97. The molecule has 0 aliphatic rings. The van der Waals surface area contributed by atoms with E-state index in [1.807, 2.05) is 24.3 Å². The van der Waals surface area contributed by atoms with Crippen LogP contribution in [0.2, 0.25) is 0 Å². The molecule has 0 spiro atoms. The lowest BCUT2D eigenvalue weighted by molar-refractivity contribution is 0.304. The van der Waals surface area contributed by atoms with Crippen LogP contribution in [-0.4, -0.2) is 16.6 Å². The molecule has 0 amide bonds. The third-order valence-corrected chi connectivity index (χ3v) is 3.52. The maximum Gasteiger partial charge on any atom is 0.231 e. The average molecular weight is 302 g/mol. The molecule has 22 heavy (non-hydrogen) atoms.